The van der Waals surface area contributed by atoms with Crippen molar-refractivity contribution in [1.29, 1.82) is 0 Å². The highest BCUT2D eigenvalue weighted by atomic mass is 79.9. The molecule has 0 aliphatic carbocycles. The van der Waals surface area contributed by atoms with E-state index >= 15 is 0 Å². The number of benzene rings is 3. The van der Waals surface area contributed by atoms with E-state index in [2.05, 4.69) is 26.6 Å². The van der Waals surface area contributed by atoms with Crippen LogP contribution in [0.2, 0.25) is 0 Å². The van der Waals surface area contributed by atoms with Crippen LogP contribution in [0.15, 0.2) is 65.1 Å². The summed E-state index contributed by atoms with van der Waals surface area (Å²) in [5.41, 5.74) is 0.612. The van der Waals surface area contributed by atoms with E-state index in [1.807, 2.05) is 13.8 Å². The summed E-state index contributed by atoms with van der Waals surface area (Å²) in [6.45, 7) is 3.95. The van der Waals surface area contributed by atoms with Gasteiger partial charge in [0.2, 0.25) is 0 Å². The second-order valence-corrected chi connectivity index (χ2v) is 9.99. The SMILES string of the molecule is CCOc1cc([C@@H]2[C@H](C)N[C@]3(C(=O)Nc4ccccc43)[C@@H]2[N+](=O)[O-])cc(Br)c1OCc1ccccc1F. The maximum Gasteiger partial charge on any atom is 0.256 e. The van der Waals surface area contributed by atoms with Gasteiger partial charge in [0.1, 0.15) is 12.4 Å². The number of ether oxygens (including phenoxy) is 2. The molecule has 0 bridgehead atoms. The first kappa shape index (κ1) is 25.2. The molecule has 4 atom stereocenters. The summed E-state index contributed by atoms with van der Waals surface area (Å²) >= 11 is 3.53. The Labute approximate surface area is 221 Å². The van der Waals surface area contributed by atoms with E-state index in [0.717, 1.165) is 0 Å². The largest absolute Gasteiger partial charge is 0.490 e. The second kappa shape index (κ2) is 9.75. The Balaban J connectivity index is 1.55. The molecule has 0 radical (unpaired) electrons. The van der Waals surface area contributed by atoms with Crippen LogP contribution in [0, 0.1) is 15.9 Å². The molecule has 2 N–H and O–H groups in total. The Morgan fingerprint density at radius 3 is 2.59 bits per heavy atom. The van der Waals surface area contributed by atoms with E-state index in [9.17, 15) is 19.3 Å². The molecular weight excluding hydrogens is 545 g/mol. The zero-order valence-electron chi connectivity index (χ0n) is 20.2. The van der Waals surface area contributed by atoms with Gasteiger partial charge in [0.15, 0.2) is 17.0 Å². The molecule has 8 nitrogen and oxygen atoms in total. The van der Waals surface area contributed by atoms with Crippen LogP contribution in [0.3, 0.4) is 0 Å². The lowest BCUT2D eigenvalue weighted by atomic mass is 9.78. The second-order valence-electron chi connectivity index (χ2n) is 9.14. The molecule has 2 aliphatic heterocycles. The van der Waals surface area contributed by atoms with E-state index in [0.29, 0.717) is 45.0 Å². The molecule has 1 saturated heterocycles. The number of carbonyl (C=O) groups is 1. The van der Waals surface area contributed by atoms with E-state index in [-0.39, 0.29) is 17.3 Å². The van der Waals surface area contributed by atoms with Crippen LogP contribution in [0.25, 0.3) is 0 Å². The number of rotatable bonds is 7. The van der Waals surface area contributed by atoms with Gasteiger partial charge in [0, 0.05) is 27.8 Å². The molecule has 2 aliphatic rings. The van der Waals surface area contributed by atoms with Gasteiger partial charge in [-0.25, -0.2) is 4.39 Å². The van der Waals surface area contributed by atoms with Gasteiger partial charge in [-0.2, -0.15) is 0 Å². The maximum atomic E-state index is 14.1. The minimum Gasteiger partial charge on any atom is -0.490 e. The zero-order valence-corrected chi connectivity index (χ0v) is 21.8. The molecule has 0 saturated carbocycles. The van der Waals surface area contributed by atoms with Gasteiger partial charge in [-0.3, -0.25) is 20.2 Å². The third-order valence-electron chi connectivity index (χ3n) is 7.01. The first-order valence-electron chi connectivity index (χ1n) is 11.9. The van der Waals surface area contributed by atoms with E-state index < -0.39 is 29.4 Å². The summed E-state index contributed by atoms with van der Waals surface area (Å²) in [7, 11) is 0. The Morgan fingerprint density at radius 1 is 1.14 bits per heavy atom. The highest BCUT2D eigenvalue weighted by Crippen LogP contribution is 2.51. The summed E-state index contributed by atoms with van der Waals surface area (Å²) in [5, 5.41) is 18.7. The first-order chi connectivity index (χ1) is 17.8. The first-order valence-corrected chi connectivity index (χ1v) is 12.7. The van der Waals surface area contributed by atoms with Crippen molar-refractivity contribution < 1.29 is 23.6 Å². The van der Waals surface area contributed by atoms with Gasteiger partial charge < -0.3 is 14.8 Å². The molecule has 1 amide bonds. The Kier molecular flexibility index (Phi) is 6.63. The molecule has 1 fully saturated rings. The highest BCUT2D eigenvalue weighted by Gasteiger charge is 2.67. The lowest BCUT2D eigenvalue weighted by Gasteiger charge is -2.26. The molecule has 3 aromatic carbocycles. The maximum absolute atomic E-state index is 14.1. The molecule has 192 valence electrons. The number of anilines is 1. The molecule has 0 unspecified atom stereocenters. The van der Waals surface area contributed by atoms with Gasteiger partial charge in [-0.15, -0.1) is 0 Å². The van der Waals surface area contributed by atoms with E-state index in [1.165, 1.54) is 6.07 Å². The smallest absolute Gasteiger partial charge is 0.256 e. The van der Waals surface area contributed by atoms with Crippen LogP contribution in [-0.4, -0.2) is 29.5 Å². The minimum atomic E-state index is -1.51. The molecule has 0 aromatic heterocycles. The molecule has 3 aromatic rings. The van der Waals surface area contributed by atoms with Crippen molar-refractivity contribution in [3.8, 4) is 11.5 Å². The standard InChI is InChI=1S/C27H25BrFN3O5/c1-3-36-22-13-17(12-19(28)24(22)37-14-16-8-4-6-10-20(16)29)23-15(2)31-27(25(23)32(34)35)18-9-5-7-11-21(18)30-26(27)33/h4-13,15,23,25,31H,3,14H2,1-2H3,(H,30,33)/t15-,23-,25+,27-/m0/s1. The molecule has 37 heavy (non-hydrogen) atoms. The van der Waals surface area contributed by atoms with Crippen molar-refractivity contribution in [2.75, 3.05) is 11.9 Å². The molecule has 5 rings (SSSR count). The number of nitrogens with zero attached hydrogens (tertiary/aromatic N) is 1. The highest BCUT2D eigenvalue weighted by molar-refractivity contribution is 9.10. The number of nitro groups is 1. The van der Waals surface area contributed by atoms with Crippen LogP contribution in [-0.2, 0) is 16.9 Å². The van der Waals surface area contributed by atoms with Crippen molar-refractivity contribution in [1.82, 2.24) is 5.32 Å². The fraction of sp³-hybridized carbons (Fsp3) is 0.296. The number of para-hydroxylation sites is 1. The van der Waals surface area contributed by atoms with Crippen LogP contribution in [0.5, 0.6) is 11.5 Å². The summed E-state index contributed by atoms with van der Waals surface area (Å²) < 4.78 is 26.4. The van der Waals surface area contributed by atoms with E-state index in [1.54, 1.807) is 54.6 Å². The van der Waals surface area contributed by atoms with E-state index in [4.69, 9.17) is 9.47 Å². The summed E-state index contributed by atoms with van der Waals surface area (Å²) in [4.78, 5) is 25.5. The van der Waals surface area contributed by atoms with Crippen LogP contribution >= 0.6 is 15.9 Å². The summed E-state index contributed by atoms with van der Waals surface area (Å²) in [6.07, 6.45) is 0. The fourth-order valence-corrected chi connectivity index (χ4v) is 6.08. The predicted molar refractivity (Wildman–Crippen MR) is 139 cm³/mol. The van der Waals surface area contributed by atoms with Crippen molar-refractivity contribution in [2.24, 2.45) is 0 Å². The van der Waals surface area contributed by atoms with Gasteiger partial charge in [0.25, 0.3) is 11.9 Å². The Hall–Kier alpha value is -3.50. The normalized spacial score (nSPS) is 24.1. The van der Waals surface area contributed by atoms with Crippen LogP contribution in [0.1, 0.15) is 36.5 Å². The molecule has 10 heteroatoms. The lowest BCUT2D eigenvalue weighted by Crippen LogP contribution is -2.54. The quantitative estimate of drug-likeness (QED) is 0.302. The Morgan fingerprint density at radius 2 is 1.86 bits per heavy atom. The molecule has 2 heterocycles. The topological polar surface area (TPSA) is 103 Å². The average Bonchev–Trinajstić information content (AvgIpc) is 3.33. The number of amides is 1. The molecular formula is C27H25BrFN3O5. The fourth-order valence-electron chi connectivity index (χ4n) is 5.50. The summed E-state index contributed by atoms with van der Waals surface area (Å²) in [6, 6.07) is 15.1. The zero-order chi connectivity index (χ0) is 26.3. The van der Waals surface area contributed by atoms with Crippen molar-refractivity contribution in [3.63, 3.8) is 0 Å². The van der Waals surface area contributed by atoms with Gasteiger partial charge in [0.05, 0.1) is 17.0 Å². The monoisotopic (exact) mass is 569 g/mol. The Bertz CT molecular complexity index is 1390. The molecule has 1 spiro atoms. The minimum absolute atomic E-state index is 0.0241. The third kappa shape index (κ3) is 4.14. The van der Waals surface area contributed by atoms with Crippen LogP contribution in [0.4, 0.5) is 10.1 Å². The number of nitrogens with one attached hydrogen (secondary N) is 2. The number of halogens is 2. The van der Waals surface area contributed by atoms with Gasteiger partial charge in [-0.1, -0.05) is 36.4 Å². The van der Waals surface area contributed by atoms with Crippen molar-refractivity contribution >= 4 is 27.5 Å². The van der Waals surface area contributed by atoms with Crippen molar-refractivity contribution in [3.05, 3.63) is 97.8 Å². The van der Waals surface area contributed by atoms with Gasteiger partial charge in [-0.05, 0) is 59.6 Å². The summed E-state index contributed by atoms with van der Waals surface area (Å²) in [5.74, 6) is -0.756. The number of hydrogen-bond acceptors (Lipinski definition) is 6. The van der Waals surface area contributed by atoms with Crippen molar-refractivity contribution in [2.45, 2.75) is 44.0 Å². The number of fused-ring (bicyclic) bond motifs is 2. The lowest BCUT2D eigenvalue weighted by molar-refractivity contribution is -0.532. The average molecular weight is 570 g/mol. The third-order valence-corrected chi connectivity index (χ3v) is 7.60. The predicted octanol–water partition coefficient (Wildman–Crippen LogP) is 5.13. The number of hydrogen-bond donors (Lipinski definition) is 2. The van der Waals surface area contributed by atoms with Gasteiger partial charge >= 0.3 is 0 Å². The van der Waals surface area contributed by atoms with Crippen LogP contribution < -0.4 is 20.1 Å². The number of carbonyl (C=O) groups excluding carboxylic acids is 1.